The van der Waals surface area contributed by atoms with Crippen LogP contribution in [0.1, 0.15) is 37.4 Å². The maximum absolute atomic E-state index is 12.4. The van der Waals surface area contributed by atoms with E-state index in [1.165, 1.54) is 0 Å². The van der Waals surface area contributed by atoms with Gasteiger partial charge in [0.15, 0.2) is 0 Å². The Morgan fingerprint density at radius 1 is 1.28 bits per heavy atom. The molecule has 0 bridgehead atoms. The summed E-state index contributed by atoms with van der Waals surface area (Å²) in [6.07, 6.45) is 4.41. The second-order valence-corrected chi connectivity index (χ2v) is 6.44. The summed E-state index contributed by atoms with van der Waals surface area (Å²) in [5.41, 5.74) is 8.34. The molecular formula is C19H24N4O2. The number of ether oxygens (including phenoxy) is 1. The van der Waals surface area contributed by atoms with Gasteiger partial charge in [-0.2, -0.15) is 0 Å². The lowest BCUT2D eigenvalue weighted by atomic mass is 10.0. The maximum Gasteiger partial charge on any atom is 0.238 e. The van der Waals surface area contributed by atoms with E-state index in [1.54, 1.807) is 6.20 Å². The standard InChI is InChI=1S/C19H24N4O2/c1-13(2)25-16-7-5-14(6-8-16)11-21-19(24)18-10-17(22-23-18)15-4-3-9-20-12-15/h3-9,12-13,17-18,22-23H,10-11H2,1-2H3,(H,21,24). The highest BCUT2D eigenvalue weighted by Crippen LogP contribution is 2.21. The first-order valence-electron chi connectivity index (χ1n) is 8.56. The molecule has 0 saturated carbocycles. The van der Waals surface area contributed by atoms with Crippen molar-refractivity contribution in [3.8, 4) is 5.75 Å². The molecule has 2 atom stereocenters. The van der Waals surface area contributed by atoms with Gasteiger partial charge in [-0.3, -0.25) is 9.78 Å². The van der Waals surface area contributed by atoms with Crippen LogP contribution in [0.25, 0.3) is 0 Å². The van der Waals surface area contributed by atoms with Gasteiger partial charge in [0.25, 0.3) is 0 Å². The molecule has 2 heterocycles. The normalized spacial score (nSPS) is 19.8. The van der Waals surface area contributed by atoms with Gasteiger partial charge in [-0.25, -0.2) is 10.9 Å². The molecule has 0 radical (unpaired) electrons. The third-order valence-corrected chi connectivity index (χ3v) is 4.07. The monoisotopic (exact) mass is 340 g/mol. The number of hydrogen-bond donors (Lipinski definition) is 3. The Labute approximate surface area is 148 Å². The average Bonchev–Trinajstić information content (AvgIpc) is 3.11. The minimum absolute atomic E-state index is 0.0126. The number of benzene rings is 1. The zero-order chi connectivity index (χ0) is 17.6. The Morgan fingerprint density at radius 2 is 2.08 bits per heavy atom. The Morgan fingerprint density at radius 3 is 2.76 bits per heavy atom. The molecule has 6 nitrogen and oxygen atoms in total. The lowest BCUT2D eigenvalue weighted by Crippen LogP contribution is -2.42. The first-order valence-corrected chi connectivity index (χ1v) is 8.56. The third kappa shape index (κ3) is 4.78. The number of amides is 1. The molecule has 1 aromatic heterocycles. The van der Waals surface area contributed by atoms with Crippen molar-refractivity contribution in [2.75, 3.05) is 0 Å². The molecule has 3 rings (SSSR count). The molecule has 1 aliphatic rings. The zero-order valence-corrected chi connectivity index (χ0v) is 14.5. The van der Waals surface area contributed by atoms with Crippen LogP contribution in [0.4, 0.5) is 0 Å². The van der Waals surface area contributed by atoms with Gasteiger partial charge < -0.3 is 10.1 Å². The third-order valence-electron chi connectivity index (χ3n) is 4.07. The number of nitrogens with one attached hydrogen (secondary N) is 3. The van der Waals surface area contributed by atoms with Gasteiger partial charge in [0.05, 0.1) is 6.10 Å². The van der Waals surface area contributed by atoms with Crippen molar-refractivity contribution in [1.29, 1.82) is 0 Å². The van der Waals surface area contributed by atoms with E-state index in [-0.39, 0.29) is 24.1 Å². The van der Waals surface area contributed by atoms with Crippen LogP contribution in [0.3, 0.4) is 0 Å². The van der Waals surface area contributed by atoms with Crippen LogP contribution in [0, 0.1) is 0 Å². The van der Waals surface area contributed by atoms with E-state index in [2.05, 4.69) is 21.2 Å². The second kappa shape index (κ2) is 8.09. The largest absolute Gasteiger partial charge is 0.491 e. The Balaban J connectivity index is 1.48. The lowest BCUT2D eigenvalue weighted by molar-refractivity contribution is -0.123. The molecule has 2 aromatic rings. The van der Waals surface area contributed by atoms with Crippen LogP contribution in [-0.4, -0.2) is 23.0 Å². The van der Waals surface area contributed by atoms with Crippen LogP contribution in [0.5, 0.6) is 5.75 Å². The number of carbonyl (C=O) groups is 1. The molecule has 132 valence electrons. The fourth-order valence-electron chi connectivity index (χ4n) is 2.80. The number of aromatic nitrogens is 1. The molecule has 2 unspecified atom stereocenters. The Bertz CT molecular complexity index is 688. The summed E-state index contributed by atoms with van der Waals surface area (Å²) in [6.45, 7) is 4.49. The summed E-state index contributed by atoms with van der Waals surface area (Å²) in [5.74, 6) is 0.826. The molecule has 0 spiro atoms. The van der Waals surface area contributed by atoms with Gasteiger partial charge in [-0.05, 0) is 49.6 Å². The topological polar surface area (TPSA) is 75.3 Å². The molecule has 0 aliphatic carbocycles. The fourth-order valence-corrected chi connectivity index (χ4v) is 2.80. The van der Waals surface area contributed by atoms with Crippen molar-refractivity contribution >= 4 is 5.91 Å². The summed E-state index contributed by atoms with van der Waals surface area (Å²) >= 11 is 0. The number of hydrazine groups is 1. The van der Waals surface area contributed by atoms with Crippen molar-refractivity contribution in [3.63, 3.8) is 0 Å². The van der Waals surface area contributed by atoms with Crippen molar-refractivity contribution in [2.24, 2.45) is 0 Å². The van der Waals surface area contributed by atoms with Crippen LogP contribution in [0.2, 0.25) is 0 Å². The highest BCUT2D eigenvalue weighted by molar-refractivity contribution is 5.82. The van der Waals surface area contributed by atoms with E-state index >= 15 is 0 Å². The molecule has 1 saturated heterocycles. The van der Waals surface area contributed by atoms with Gasteiger partial charge in [-0.15, -0.1) is 0 Å². The minimum Gasteiger partial charge on any atom is -0.491 e. The smallest absolute Gasteiger partial charge is 0.238 e. The number of nitrogens with zero attached hydrogens (tertiary/aromatic N) is 1. The van der Waals surface area contributed by atoms with Crippen LogP contribution >= 0.6 is 0 Å². The fraction of sp³-hybridized carbons (Fsp3) is 0.368. The minimum atomic E-state index is -0.256. The van der Waals surface area contributed by atoms with Crippen molar-refractivity contribution in [1.82, 2.24) is 21.2 Å². The van der Waals surface area contributed by atoms with Gasteiger partial charge in [0, 0.05) is 25.0 Å². The summed E-state index contributed by atoms with van der Waals surface area (Å²) in [5, 5.41) is 2.98. The van der Waals surface area contributed by atoms with Gasteiger partial charge in [0.1, 0.15) is 11.8 Å². The van der Waals surface area contributed by atoms with E-state index < -0.39 is 0 Å². The second-order valence-electron chi connectivity index (χ2n) is 6.44. The van der Waals surface area contributed by atoms with E-state index in [9.17, 15) is 4.79 Å². The quantitative estimate of drug-likeness (QED) is 0.751. The van der Waals surface area contributed by atoms with E-state index in [0.29, 0.717) is 13.0 Å². The summed E-state index contributed by atoms with van der Waals surface area (Å²) < 4.78 is 5.62. The Hall–Kier alpha value is -2.44. The predicted molar refractivity (Wildman–Crippen MR) is 95.7 cm³/mol. The van der Waals surface area contributed by atoms with Gasteiger partial charge in [0.2, 0.25) is 5.91 Å². The zero-order valence-electron chi connectivity index (χ0n) is 14.5. The molecule has 6 heteroatoms. The molecule has 1 fully saturated rings. The molecule has 1 amide bonds. The van der Waals surface area contributed by atoms with Crippen molar-refractivity contribution < 1.29 is 9.53 Å². The van der Waals surface area contributed by atoms with Crippen LogP contribution < -0.4 is 20.9 Å². The number of carbonyl (C=O) groups excluding carboxylic acids is 1. The SMILES string of the molecule is CC(C)Oc1ccc(CNC(=O)C2CC(c3cccnc3)NN2)cc1. The number of hydrogen-bond acceptors (Lipinski definition) is 5. The number of pyridine rings is 1. The highest BCUT2D eigenvalue weighted by atomic mass is 16.5. The molecular weight excluding hydrogens is 316 g/mol. The molecule has 1 aromatic carbocycles. The van der Waals surface area contributed by atoms with Crippen LogP contribution in [-0.2, 0) is 11.3 Å². The van der Waals surface area contributed by atoms with Gasteiger partial charge >= 0.3 is 0 Å². The van der Waals surface area contributed by atoms with Crippen molar-refractivity contribution in [3.05, 3.63) is 59.9 Å². The van der Waals surface area contributed by atoms with E-state index in [1.807, 2.05) is 56.4 Å². The first kappa shape index (κ1) is 17.4. The number of rotatable bonds is 6. The molecule has 1 aliphatic heterocycles. The average molecular weight is 340 g/mol. The summed E-state index contributed by atoms with van der Waals surface area (Å²) in [4.78, 5) is 16.5. The molecule has 3 N–H and O–H groups in total. The first-order chi connectivity index (χ1) is 12.1. The lowest BCUT2D eigenvalue weighted by Gasteiger charge is -2.12. The van der Waals surface area contributed by atoms with E-state index in [4.69, 9.17) is 4.74 Å². The van der Waals surface area contributed by atoms with Crippen LogP contribution in [0.15, 0.2) is 48.8 Å². The van der Waals surface area contributed by atoms with E-state index in [0.717, 1.165) is 16.9 Å². The Kier molecular flexibility index (Phi) is 5.63. The summed E-state index contributed by atoms with van der Waals surface area (Å²) in [6, 6.07) is 11.5. The summed E-state index contributed by atoms with van der Waals surface area (Å²) in [7, 11) is 0. The van der Waals surface area contributed by atoms with Crippen molar-refractivity contribution in [2.45, 2.75) is 45.0 Å². The highest BCUT2D eigenvalue weighted by Gasteiger charge is 2.29. The van der Waals surface area contributed by atoms with Gasteiger partial charge in [-0.1, -0.05) is 18.2 Å². The predicted octanol–water partition coefficient (Wildman–Crippen LogP) is 2.09. The maximum atomic E-state index is 12.4. The molecule has 25 heavy (non-hydrogen) atoms.